The maximum Gasteiger partial charge on any atom is 0.265 e. The number of aromatic nitrogens is 1. The van der Waals surface area contributed by atoms with Crippen LogP contribution in [0.1, 0.15) is 36.4 Å². The molecule has 102 valence electrons. The van der Waals surface area contributed by atoms with Crippen LogP contribution < -0.4 is 16.4 Å². The van der Waals surface area contributed by atoms with Gasteiger partial charge < -0.3 is 21.5 Å². The molecule has 0 aromatic carbocycles. The average molecular weight is 272 g/mol. The molecule has 1 heterocycles. The van der Waals surface area contributed by atoms with E-state index in [0.717, 1.165) is 6.42 Å². The van der Waals surface area contributed by atoms with Crippen molar-refractivity contribution in [2.24, 2.45) is 0 Å². The zero-order chi connectivity index (χ0) is 13.8. The standard InChI is InChI=1S/C11H20N4O2S/c1-4-11(2,5-6-16)15-9(17)7-8(12)14-10(13-3)18-7/h16H,4-6,12H2,1-3H3,(H,13,14)(H,15,17). The number of aliphatic hydroxyl groups is 1. The number of nitrogen functional groups attached to an aromatic ring is 1. The van der Waals surface area contributed by atoms with E-state index in [1.807, 2.05) is 13.8 Å². The molecule has 0 aliphatic carbocycles. The fourth-order valence-corrected chi connectivity index (χ4v) is 2.24. The van der Waals surface area contributed by atoms with Gasteiger partial charge in [-0.1, -0.05) is 18.3 Å². The Morgan fingerprint density at radius 1 is 1.61 bits per heavy atom. The molecule has 0 spiro atoms. The van der Waals surface area contributed by atoms with Gasteiger partial charge in [0.1, 0.15) is 10.7 Å². The van der Waals surface area contributed by atoms with Gasteiger partial charge in [-0.05, 0) is 19.8 Å². The Labute approximate surface area is 111 Å². The molecule has 0 radical (unpaired) electrons. The van der Waals surface area contributed by atoms with E-state index in [-0.39, 0.29) is 18.3 Å². The summed E-state index contributed by atoms with van der Waals surface area (Å²) in [6.45, 7) is 3.90. The molecule has 1 aromatic heterocycles. The van der Waals surface area contributed by atoms with E-state index in [1.54, 1.807) is 7.05 Å². The second kappa shape index (κ2) is 6.01. The predicted octanol–water partition coefficient (Wildman–Crippen LogP) is 1.05. The van der Waals surface area contributed by atoms with Crippen molar-refractivity contribution in [3.8, 4) is 0 Å². The van der Waals surface area contributed by atoms with Crippen molar-refractivity contribution >= 4 is 28.2 Å². The molecule has 5 N–H and O–H groups in total. The molecule has 1 amide bonds. The molecule has 7 heteroatoms. The summed E-state index contributed by atoms with van der Waals surface area (Å²) in [5.74, 6) is -0.0198. The zero-order valence-corrected chi connectivity index (χ0v) is 11.7. The van der Waals surface area contributed by atoms with Crippen molar-refractivity contribution < 1.29 is 9.90 Å². The molecule has 0 bridgehead atoms. The van der Waals surface area contributed by atoms with Crippen molar-refractivity contribution in [3.63, 3.8) is 0 Å². The third-order valence-electron chi connectivity index (χ3n) is 2.93. The molecule has 0 aliphatic rings. The summed E-state index contributed by atoms with van der Waals surface area (Å²) < 4.78 is 0. The van der Waals surface area contributed by atoms with Crippen LogP contribution in [0.5, 0.6) is 0 Å². The number of aliphatic hydroxyl groups excluding tert-OH is 1. The van der Waals surface area contributed by atoms with E-state index < -0.39 is 5.54 Å². The number of amides is 1. The van der Waals surface area contributed by atoms with Crippen molar-refractivity contribution in [2.75, 3.05) is 24.7 Å². The minimum atomic E-state index is -0.429. The first-order valence-corrected chi connectivity index (χ1v) is 6.65. The summed E-state index contributed by atoms with van der Waals surface area (Å²) in [6.07, 6.45) is 1.24. The highest BCUT2D eigenvalue weighted by molar-refractivity contribution is 7.18. The number of nitrogens with one attached hydrogen (secondary N) is 2. The summed E-state index contributed by atoms with van der Waals surface area (Å²) in [6, 6.07) is 0. The summed E-state index contributed by atoms with van der Waals surface area (Å²) in [5.41, 5.74) is 5.27. The van der Waals surface area contributed by atoms with Gasteiger partial charge in [0.25, 0.3) is 5.91 Å². The Morgan fingerprint density at radius 2 is 2.28 bits per heavy atom. The third-order valence-corrected chi connectivity index (χ3v) is 4.02. The largest absolute Gasteiger partial charge is 0.396 e. The number of nitrogens with two attached hydrogens (primary N) is 1. The summed E-state index contributed by atoms with van der Waals surface area (Å²) in [5, 5.41) is 15.4. The first-order valence-electron chi connectivity index (χ1n) is 5.83. The molecule has 1 rings (SSSR count). The van der Waals surface area contributed by atoms with Crippen LogP contribution in [0.4, 0.5) is 10.9 Å². The van der Waals surface area contributed by atoms with Crippen molar-refractivity contribution in [1.82, 2.24) is 10.3 Å². The molecule has 1 unspecified atom stereocenters. The first-order chi connectivity index (χ1) is 8.45. The van der Waals surface area contributed by atoms with Crippen LogP contribution in [-0.4, -0.2) is 35.2 Å². The van der Waals surface area contributed by atoms with E-state index in [2.05, 4.69) is 15.6 Å². The lowest BCUT2D eigenvalue weighted by atomic mass is 9.95. The lowest BCUT2D eigenvalue weighted by molar-refractivity contribution is 0.0891. The van der Waals surface area contributed by atoms with Gasteiger partial charge in [-0.15, -0.1) is 0 Å². The Bertz CT molecular complexity index is 421. The van der Waals surface area contributed by atoms with Crippen LogP contribution in [0.15, 0.2) is 0 Å². The Balaban J connectivity index is 2.83. The van der Waals surface area contributed by atoms with Crippen LogP contribution >= 0.6 is 11.3 Å². The van der Waals surface area contributed by atoms with Crippen molar-refractivity contribution in [2.45, 2.75) is 32.2 Å². The Kier molecular flexibility index (Phi) is 4.92. The Morgan fingerprint density at radius 3 is 2.72 bits per heavy atom. The molecule has 0 aliphatic heterocycles. The zero-order valence-electron chi connectivity index (χ0n) is 10.9. The summed E-state index contributed by atoms with van der Waals surface area (Å²) in [4.78, 5) is 16.5. The maximum absolute atomic E-state index is 12.1. The van der Waals surface area contributed by atoms with E-state index in [9.17, 15) is 4.79 Å². The molecule has 6 nitrogen and oxygen atoms in total. The monoisotopic (exact) mass is 272 g/mol. The van der Waals surface area contributed by atoms with Crippen molar-refractivity contribution in [1.29, 1.82) is 0 Å². The minimum Gasteiger partial charge on any atom is -0.396 e. The highest BCUT2D eigenvalue weighted by Gasteiger charge is 2.26. The number of carbonyl (C=O) groups excluding carboxylic acids is 1. The normalized spacial score (nSPS) is 14.0. The SMILES string of the molecule is CCC(C)(CCO)NC(=O)c1sc(NC)nc1N. The number of nitrogens with zero attached hydrogens (tertiary/aromatic N) is 1. The molecule has 1 atom stereocenters. The number of rotatable bonds is 6. The van der Waals surface area contributed by atoms with Gasteiger partial charge in [0.05, 0.1) is 0 Å². The Hall–Kier alpha value is -1.34. The number of hydrogen-bond acceptors (Lipinski definition) is 6. The van der Waals surface area contributed by atoms with Gasteiger partial charge in [0.15, 0.2) is 5.13 Å². The van der Waals surface area contributed by atoms with Crippen LogP contribution in [0, 0.1) is 0 Å². The van der Waals surface area contributed by atoms with Crippen LogP contribution in [0.3, 0.4) is 0 Å². The highest BCUT2D eigenvalue weighted by Crippen LogP contribution is 2.25. The van der Waals surface area contributed by atoms with E-state index in [4.69, 9.17) is 10.8 Å². The van der Waals surface area contributed by atoms with Gasteiger partial charge in [0.2, 0.25) is 0 Å². The van der Waals surface area contributed by atoms with E-state index >= 15 is 0 Å². The molecule has 1 aromatic rings. The molecular formula is C11H20N4O2S. The van der Waals surface area contributed by atoms with Crippen molar-refractivity contribution in [3.05, 3.63) is 4.88 Å². The summed E-state index contributed by atoms with van der Waals surface area (Å²) >= 11 is 1.22. The number of carbonyl (C=O) groups is 1. The molecule has 18 heavy (non-hydrogen) atoms. The predicted molar refractivity (Wildman–Crippen MR) is 73.9 cm³/mol. The maximum atomic E-state index is 12.1. The quantitative estimate of drug-likeness (QED) is 0.620. The number of thiazole rings is 1. The van der Waals surface area contributed by atoms with E-state index in [1.165, 1.54) is 11.3 Å². The van der Waals surface area contributed by atoms with Crippen LogP contribution in [0.25, 0.3) is 0 Å². The lowest BCUT2D eigenvalue weighted by Crippen LogP contribution is -2.46. The highest BCUT2D eigenvalue weighted by atomic mass is 32.1. The number of anilines is 2. The average Bonchev–Trinajstić information content (AvgIpc) is 2.71. The number of hydrogen-bond donors (Lipinski definition) is 4. The van der Waals surface area contributed by atoms with Gasteiger partial charge in [-0.3, -0.25) is 4.79 Å². The fraction of sp³-hybridized carbons (Fsp3) is 0.636. The fourth-order valence-electron chi connectivity index (χ4n) is 1.51. The second-order valence-electron chi connectivity index (χ2n) is 4.33. The minimum absolute atomic E-state index is 0.0323. The van der Waals surface area contributed by atoms with Crippen LogP contribution in [0.2, 0.25) is 0 Å². The van der Waals surface area contributed by atoms with Gasteiger partial charge in [0, 0.05) is 19.2 Å². The smallest absolute Gasteiger partial charge is 0.265 e. The molecule has 0 saturated heterocycles. The molecule has 0 saturated carbocycles. The van der Waals surface area contributed by atoms with Gasteiger partial charge >= 0.3 is 0 Å². The topological polar surface area (TPSA) is 100 Å². The van der Waals surface area contributed by atoms with Gasteiger partial charge in [-0.2, -0.15) is 0 Å². The molecular weight excluding hydrogens is 252 g/mol. The second-order valence-corrected chi connectivity index (χ2v) is 5.32. The summed E-state index contributed by atoms with van der Waals surface area (Å²) in [7, 11) is 1.72. The third kappa shape index (κ3) is 3.33. The lowest BCUT2D eigenvalue weighted by Gasteiger charge is -2.28. The van der Waals surface area contributed by atoms with Crippen LogP contribution in [-0.2, 0) is 0 Å². The first kappa shape index (κ1) is 14.7. The van der Waals surface area contributed by atoms with Gasteiger partial charge in [-0.25, -0.2) is 4.98 Å². The van der Waals surface area contributed by atoms with E-state index in [0.29, 0.717) is 16.4 Å². The molecule has 0 fully saturated rings.